The lowest BCUT2D eigenvalue weighted by molar-refractivity contribution is -0.0679. The van der Waals surface area contributed by atoms with Gasteiger partial charge in [-0.05, 0) is 12.8 Å². The highest BCUT2D eigenvalue weighted by Crippen LogP contribution is 2.23. The lowest BCUT2D eigenvalue weighted by atomic mass is 9.96. The SMILES string of the molecule is [B][C@H]1C[C@@H](OC)[C@@H](COCc2cn(CO[C@@H]3C[C@H]([B])O[C@@H]3COC)nn2)O1. The molecule has 0 unspecified atom stereocenters. The fraction of sp³-hybridized carbons (Fsp3) is 0.875. The molecule has 0 amide bonds. The van der Waals surface area contributed by atoms with Crippen molar-refractivity contribution < 1.29 is 28.4 Å². The molecule has 6 atom stereocenters. The molecule has 3 rings (SSSR count). The van der Waals surface area contributed by atoms with E-state index in [2.05, 4.69) is 10.3 Å². The lowest BCUT2D eigenvalue weighted by Gasteiger charge is -2.18. The van der Waals surface area contributed by atoms with E-state index in [-0.39, 0.29) is 43.2 Å². The number of hydrogen-bond donors (Lipinski definition) is 0. The Hall–Kier alpha value is -0.970. The first kappa shape index (κ1) is 20.8. The van der Waals surface area contributed by atoms with Crippen LogP contribution < -0.4 is 0 Å². The Labute approximate surface area is 161 Å². The van der Waals surface area contributed by atoms with Crippen molar-refractivity contribution >= 4 is 15.7 Å². The van der Waals surface area contributed by atoms with Gasteiger partial charge in [-0.25, -0.2) is 4.68 Å². The summed E-state index contributed by atoms with van der Waals surface area (Å²) in [5.74, 6) is 0. The average Bonchev–Trinajstić information content (AvgIpc) is 3.33. The zero-order valence-corrected chi connectivity index (χ0v) is 15.7. The normalized spacial score (nSPS) is 33.7. The number of methoxy groups -OCH3 is 2. The van der Waals surface area contributed by atoms with Gasteiger partial charge in [0.25, 0.3) is 0 Å². The third kappa shape index (κ3) is 5.75. The van der Waals surface area contributed by atoms with Gasteiger partial charge < -0.3 is 28.4 Å². The summed E-state index contributed by atoms with van der Waals surface area (Å²) in [5, 5.41) is 8.12. The van der Waals surface area contributed by atoms with E-state index in [0.717, 1.165) is 0 Å². The van der Waals surface area contributed by atoms with Crippen molar-refractivity contribution in [3.63, 3.8) is 0 Å². The van der Waals surface area contributed by atoms with Crippen molar-refractivity contribution in [2.75, 3.05) is 27.4 Å². The highest BCUT2D eigenvalue weighted by Gasteiger charge is 2.34. The van der Waals surface area contributed by atoms with E-state index < -0.39 is 0 Å². The van der Waals surface area contributed by atoms with Crippen LogP contribution in [-0.4, -0.2) is 94.5 Å². The molecular weight excluding hydrogens is 352 g/mol. The third-order valence-corrected chi connectivity index (χ3v) is 4.63. The highest BCUT2D eigenvalue weighted by molar-refractivity contribution is 6.11. The first-order valence-corrected chi connectivity index (χ1v) is 9.01. The second-order valence-corrected chi connectivity index (χ2v) is 6.73. The van der Waals surface area contributed by atoms with E-state index in [1.54, 1.807) is 25.1 Å². The smallest absolute Gasteiger partial charge is 0.141 e. The van der Waals surface area contributed by atoms with Gasteiger partial charge in [-0.2, -0.15) is 0 Å². The summed E-state index contributed by atoms with van der Waals surface area (Å²) < 4.78 is 34.7. The molecule has 4 radical (unpaired) electrons. The molecule has 27 heavy (non-hydrogen) atoms. The molecule has 11 heteroatoms. The van der Waals surface area contributed by atoms with Crippen LogP contribution in [0.5, 0.6) is 0 Å². The molecule has 0 bridgehead atoms. The van der Waals surface area contributed by atoms with Gasteiger partial charge >= 0.3 is 0 Å². The molecule has 0 aliphatic carbocycles. The summed E-state index contributed by atoms with van der Waals surface area (Å²) >= 11 is 0. The zero-order chi connectivity index (χ0) is 19.2. The van der Waals surface area contributed by atoms with Gasteiger partial charge in [0.15, 0.2) is 0 Å². The van der Waals surface area contributed by atoms with Gasteiger partial charge in [0.1, 0.15) is 40.3 Å². The van der Waals surface area contributed by atoms with E-state index in [9.17, 15) is 0 Å². The second kappa shape index (κ2) is 9.99. The van der Waals surface area contributed by atoms with Gasteiger partial charge in [-0.1, -0.05) is 5.21 Å². The zero-order valence-electron chi connectivity index (χ0n) is 15.7. The standard InChI is InChI=1S/C16H25B2N3O6/c1-22-7-13-12(4-16(18)26-13)25-9-21-5-10(19-20-21)6-24-8-14-11(23-2)3-15(17)27-14/h5,11-16H,3-4,6-9H2,1-2H3/t11-,12-,13-,14-,15-,16-/m1/s1. The Balaban J connectivity index is 1.39. The molecule has 2 saturated heterocycles. The van der Waals surface area contributed by atoms with Crippen LogP contribution in [0.1, 0.15) is 18.5 Å². The van der Waals surface area contributed by atoms with Crippen molar-refractivity contribution in [1.29, 1.82) is 0 Å². The maximum absolute atomic E-state index is 5.85. The van der Waals surface area contributed by atoms with Crippen molar-refractivity contribution in [1.82, 2.24) is 15.0 Å². The molecule has 1 aromatic heterocycles. The molecule has 0 N–H and O–H groups in total. The Bertz CT molecular complexity index is 580. The number of rotatable bonds is 10. The molecule has 146 valence electrons. The third-order valence-electron chi connectivity index (χ3n) is 4.63. The Morgan fingerprint density at radius 1 is 1.11 bits per heavy atom. The van der Waals surface area contributed by atoms with E-state index >= 15 is 0 Å². The molecule has 3 heterocycles. The molecule has 2 aliphatic heterocycles. The topological polar surface area (TPSA) is 86.1 Å². The molecule has 0 saturated carbocycles. The minimum absolute atomic E-state index is 0.0517. The maximum atomic E-state index is 5.85. The largest absolute Gasteiger partial charge is 0.382 e. The lowest BCUT2D eigenvalue weighted by Crippen LogP contribution is -2.29. The molecular formula is C16H25B2N3O6. The Morgan fingerprint density at radius 2 is 1.81 bits per heavy atom. The van der Waals surface area contributed by atoms with Gasteiger partial charge in [0.2, 0.25) is 0 Å². The number of ether oxygens (including phenoxy) is 6. The fourth-order valence-corrected chi connectivity index (χ4v) is 3.30. The second-order valence-electron chi connectivity index (χ2n) is 6.73. The summed E-state index contributed by atoms with van der Waals surface area (Å²) in [6.07, 6.45) is 2.51. The Morgan fingerprint density at radius 3 is 2.52 bits per heavy atom. The quantitative estimate of drug-likeness (QED) is 0.499. The van der Waals surface area contributed by atoms with Crippen LogP contribution in [0.3, 0.4) is 0 Å². The molecule has 1 aromatic rings. The van der Waals surface area contributed by atoms with E-state index in [1.165, 1.54) is 0 Å². The van der Waals surface area contributed by atoms with Crippen LogP contribution in [0.4, 0.5) is 0 Å². The molecule has 0 spiro atoms. The van der Waals surface area contributed by atoms with Gasteiger partial charge in [0, 0.05) is 26.2 Å². The summed E-state index contributed by atoms with van der Waals surface area (Å²) in [6, 6.07) is -0.645. The van der Waals surface area contributed by atoms with Crippen molar-refractivity contribution in [3.05, 3.63) is 11.9 Å². The van der Waals surface area contributed by atoms with Crippen molar-refractivity contribution in [2.24, 2.45) is 0 Å². The van der Waals surface area contributed by atoms with E-state index in [4.69, 9.17) is 44.1 Å². The van der Waals surface area contributed by atoms with E-state index in [0.29, 0.717) is 38.4 Å². The van der Waals surface area contributed by atoms with Crippen LogP contribution in [-0.2, 0) is 41.8 Å². The van der Waals surface area contributed by atoms with E-state index in [1.807, 2.05) is 0 Å². The fourth-order valence-electron chi connectivity index (χ4n) is 3.30. The first-order valence-electron chi connectivity index (χ1n) is 9.01. The van der Waals surface area contributed by atoms with Crippen LogP contribution in [0.2, 0.25) is 0 Å². The summed E-state index contributed by atoms with van der Waals surface area (Å²) in [5.41, 5.74) is 0.697. The number of nitrogens with zero attached hydrogens (tertiary/aromatic N) is 3. The minimum Gasteiger partial charge on any atom is -0.382 e. The Kier molecular flexibility index (Phi) is 7.68. The van der Waals surface area contributed by atoms with Crippen LogP contribution in [0.15, 0.2) is 6.20 Å². The molecule has 9 nitrogen and oxygen atoms in total. The summed E-state index contributed by atoms with van der Waals surface area (Å²) in [6.45, 7) is 1.38. The molecule has 2 aliphatic rings. The number of hydrogen-bond acceptors (Lipinski definition) is 8. The monoisotopic (exact) mass is 377 g/mol. The molecule has 2 fully saturated rings. The highest BCUT2D eigenvalue weighted by atomic mass is 16.6. The van der Waals surface area contributed by atoms with Crippen LogP contribution >= 0.6 is 0 Å². The minimum atomic E-state index is -0.336. The average molecular weight is 377 g/mol. The van der Waals surface area contributed by atoms with Crippen molar-refractivity contribution in [2.45, 2.75) is 62.6 Å². The first-order chi connectivity index (χ1) is 13.1. The summed E-state index contributed by atoms with van der Waals surface area (Å²) in [7, 11) is 14.9. The summed E-state index contributed by atoms with van der Waals surface area (Å²) in [4.78, 5) is 0. The maximum Gasteiger partial charge on any atom is 0.141 e. The van der Waals surface area contributed by atoms with Gasteiger partial charge in [-0.3, -0.25) is 0 Å². The molecule has 0 aromatic carbocycles. The van der Waals surface area contributed by atoms with Crippen LogP contribution in [0.25, 0.3) is 0 Å². The predicted octanol–water partition coefficient (Wildman–Crippen LogP) is -0.634. The van der Waals surface area contributed by atoms with Crippen molar-refractivity contribution in [3.8, 4) is 0 Å². The van der Waals surface area contributed by atoms with Crippen LogP contribution in [0, 0.1) is 0 Å². The van der Waals surface area contributed by atoms with Gasteiger partial charge in [-0.15, -0.1) is 5.10 Å². The predicted molar refractivity (Wildman–Crippen MR) is 95.3 cm³/mol. The number of aromatic nitrogens is 3. The van der Waals surface area contributed by atoms with Gasteiger partial charge in [0.05, 0.1) is 38.2 Å².